The predicted molar refractivity (Wildman–Crippen MR) is 62.4 cm³/mol. The molecule has 1 unspecified atom stereocenters. The van der Waals surface area contributed by atoms with Crippen molar-refractivity contribution in [3.05, 3.63) is 33.5 Å². The van der Waals surface area contributed by atoms with Gasteiger partial charge in [0.15, 0.2) is 0 Å². The van der Waals surface area contributed by atoms with Crippen LogP contribution in [0.2, 0.25) is 0 Å². The van der Waals surface area contributed by atoms with E-state index in [0.29, 0.717) is 12.8 Å². The number of nitro groups is 1. The molecule has 0 aromatic rings. The van der Waals surface area contributed by atoms with Gasteiger partial charge in [-0.1, -0.05) is 12.5 Å². The summed E-state index contributed by atoms with van der Waals surface area (Å²) in [5.74, 6) is -0.415. The lowest BCUT2D eigenvalue weighted by atomic mass is 9.71. The highest BCUT2D eigenvalue weighted by atomic mass is 16.6. The zero-order valence-corrected chi connectivity index (χ0v) is 9.59. The minimum atomic E-state index is -0.369. The number of amides is 1. The van der Waals surface area contributed by atoms with E-state index < -0.39 is 0 Å². The third-order valence-corrected chi connectivity index (χ3v) is 3.64. The van der Waals surface area contributed by atoms with E-state index in [1.165, 1.54) is 6.08 Å². The Morgan fingerprint density at radius 2 is 2.24 bits per heavy atom. The molecule has 1 atom stereocenters. The summed E-state index contributed by atoms with van der Waals surface area (Å²) in [6.45, 7) is 0. The fourth-order valence-corrected chi connectivity index (χ4v) is 2.51. The van der Waals surface area contributed by atoms with Crippen LogP contribution in [0.4, 0.5) is 0 Å². The van der Waals surface area contributed by atoms with E-state index in [9.17, 15) is 14.9 Å². The quantitative estimate of drug-likeness (QED) is 0.596. The van der Waals surface area contributed by atoms with Crippen LogP contribution < -0.4 is 5.73 Å². The molecule has 2 aliphatic rings. The van der Waals surface area contributed by atoms with Crippen LogP contribution in [-0.2, 0) is 4.79 Å². The normalized spacial score (nSPS) is 22.1. The molecule has 0 heterocycles. The zero-order chi connectivity index (χ0) is 12.4. The maximum absolute atomic E-state index is 11.5. The van der Waals surface area contributed by atoms with Crippen LogP contribution in [0.3, 0.4) is 0 Å². The number of carbonyl (C=O) groups is 1. The maximum atomic E-state index is 11.5. The topological polar surface area (TPSA) is 86.2 Å². The van der Waals surface area contributed by atoms with E-state index in [2.05, 4.69) is 0 Å². The van der Waals surface area contributed by atoms with Gasteiger partial charge >= 0.3 is 0 Å². The van der Waals surface area contributed by atoms with Crippen molar-refractivity contribution in [3.8, 4) is 0 Å². The number of primary amides is 1. The minimum Gasteiger partial charge on any atom is -0.369 e. The van der Waals surface area contributed by atoms with Gasteiger partial charge in [-0.15, -0.1) is 0 Å². The first-order valence-electron chi connectivity index (χ1n) is 5.94. The summed E-state index contributed by atoms with van der Waals surface area (Å²) < 4.78 is 0. The average molecular weight is 236 g/mol. The third-order valence-electron chi connectivity index (χ3n) is 3.64. The first kappa shape index (κ1) is 11.8. The molecule has 92 valence electrons. The number of hydrogen-bond acceptors (Lipinski definition) is 3. The Bertz CT molecular complexity index is 408. The summed E-state index contributed by atoms with van der Waals surface area (Å²) in [7, 11) is 0. The molecule has 0 bridgehead atoms. The molecule has 0 radical (unpaired) electrons. The van der Waals surface area contributed by atoms with Crippen molar-refractivity contribution in [2.24, 2.45) is 17.6 Å². The highest BCUT2D eigenvalue weighted by Crippen LogP contribution is 2.39. The number of rotatable bonds is 4. The first-order valence-corrected chi connectivity index (χ1v) is 5.94. The summed E-state index contributed by atoms with van der Waals surface area (Å²) in [5.41, 5.74) is 6.36. The molecule has 17 heavy (non-hydrogen) atoms. The van der Waals surface area contributed by atoms with E-state index in [1.807, 2.05) is 6.08 Å². The van der Waals surface area contributed by atoms with E-state index in [4.69, 9.17) is 5.73 Å². The monoisotopic (exact) mass is 236 g/mol. The van der Waals surface area contributed by atoms with Crippen LogP contribution in [-0.4, -0.2) is 10.8 Å². The smallest absolute Gasteiger partial charge is 0.246 e. The molecule has 2 aliphatic carbocycles. The number of hydrogen-bond donors (Lipinski definition) is 1. The van der Waals surface area contributed by atoms with Crippen LogP contribution in [0, 0.1) is 22.0 Å². The second kappa shape index (κ2) is 4.69. The van der Waals surface area contributed by atoms with Gasteiger partial charge in [-0.3, -0.25) is 14.9 Å². The second-order valence-corrected chi connectivity index (χ2v) is 4.71. The molecule has 0 spiro atoms. The van der Waals surface area contributed by atoms with Gasteiger partial charge in [-0.05, 0) is 30.8 Å². The Hall–Kier alpha value is -1.65. The molecule has 0 aromatic heterocycles. The minimum absolute atomic E-state index is 0.188. The molecule has 0 saturated heterocycles. The Kier molecular flexibility index (Phi) is 3.26. The lowest BCUT2D eigenvalue weighted by Gasteiger charge is -2.33. The van der Waals surface area contributed by atoms with Gasteiger partial charge in [0, 0.05) is 12.5 Å². The predicted octanol–water partition coefficient (Wildman–Crippen LogP) is 1.77. The molecule has 5 heteroatoms. The Labute approximate surface area is 99.5 Å². The molecule has 0 aromatic carbocycles. The summed E-state index contributed by atoms with van der Waals surface area (Å²) in [6.07, 6.45) is 7.62. The van der Waals surface area contributed by atoms with Gasteiger partial charge in [0.2, 0.25) is 11.6 Å². The van der Waals surface area contributed by atoms with Crippen molar-refractivity contribution in [1.29, 1.82) is 0 Å². The van der Waals surface area contributed by atoms with Crippen LogP contribution in [0.25, 0.3) is 0 Å². The summed E-state index contributed by atoms with van der Waals surface area (Å²) in [6, 6.07) is 0. The van der Waals surface area contributed by atoms with Crippen molar-refractivity contribution in [2.75, 3.05) is 0 Å². The van der Waals surface area contributed by atoms with Gasteiger partial charge in [-0.25, -0.2) is 0 Å². The van der Waals surface area contributed by atoms with Crippen molar-refractivity contribution < 1.29 is 9.72 Å². The van der Waals surface area contributed by atoms with Crippen molar-refractivity contribution in [3.63, 3.8) is 0 Å². The van der Waals surface area contributed by atoms with Crippen LogP contribution in [0.15, 0.2) is 23.4 Å². The molecule has 0 aliphatic heterocycles. The fraction of sp³-hybridized carbons (Fsp3) is 0.583. The second-order valence-electron chi connectivity index (χ2n) is 4.71. The summed E-state index contributed by atoms with van der Waals surface area (Å²) in [4.78, 5) is 21.9. The highest BCUT2D eigenvalue weighted by molar-refractivity contribution is 5.81. The van der Waals surface area contributed by atoms with Crippen LogP contribution in [0.1, 0.15) is 32.1 Å². The van der Waals surface area contributed by atoms with Crippen LogP contribution >= 0.6 is 0 Å². The lowest BCUT2D eigenvalue weighted by Crippen LogP contribution is -2.35. The molecule has 1 fully saturated rings. The SMILES string of the molecule is NC(=O)C(C1=CCCC([N+](=O)[O-])=C1)C1CCC1. The third kappa shape index (κ3) is 2.38. The van der Waals surface area contributed by atoms with Gasteiger partial charge in [0.05, 0.1) is 10.8 Å². The van der Waals surface area contributed by atoms with Crippen LogP contribution in [0.5, 0.6) is 0 Å². The molecular formula is C12H16N2O3. The molecule has 2 N–H and O–H groups in total. The highest BCUT2D eigenvalue weighted by Gasteiger charge is 2.34. The van der Waals surface area contributed by atoms with Crippen molar-refractivity contribution in [1.82, 2.24) is 0 Å². The van der Waals surface area contributed by atoms with E-state index in [0.717, 1.165) is 24.8 Å². The molecule has 1 amide bonds. The Morgan fingerprint density at radius 3 is 2.71 bits per heavy atom. The van der Waals surface area contributed by atoms with E-state index in [-0.39, 0.29) is 28.4 Å². The van der Waals surface area contributed by atoms with Crippen molar-refractivity contribution in [2.45, 2.75) is 32.1 Å². The maximum Gasteiger partial charge on any atom is 0.246 e. The Balaban J connectivity index is 2.21. The summed E-state index contributed by atoms with van der Waals surface area (Å²) in [5, 5.41) is 10.7. The fourth-order valence-electron chi connectivity index (χ4n) is 2.51. The molecule has 1 saturated carbocycles. The standard InChI is InChI=1S/C12H16N2O3/c13-12(15)11(8-3-1-4-8)9-5-2-6-10(7-9)14(16)17/h5,7-8,11H,1-4,6H2,(H2,13,15). The summed E-state index contributed by atoms with van der Waals surface area (Å²) >= 11 is 0. The van der Waals surface area contributed by atoms with Gasteiger partial charge in [0.25, 0.3) is 0 Å². The van der Waals surface area contributed by atoms with Crippen molar-refractivity contribution >= 4 is 5.91 Å². The molecular weight excluding hydrogens is 220 g/mol. The zero-order valence-electron chi connectivity index (χ0n) is 9.59. The average Bonchev–Trinajstić information content (AvgIpc) is 2.22. The van der Waals surface area contributed by atoms with Gasteiger partial charge < -0.3 is 5.73 Å². The number of nitrogens with zero attached hydrogens (tertiary/aromatic N) is 1. The number of nitrogens with two attached hydrogens (primary N) is 1. The lowest BCUT2D eigenvalue weighted by molar-refractivity contribution is -0.428. The van der Waals surface area contributed by atoms with Gasteiger partial charge in [0.1, 0.15) is 0 Å². The van der Waals surface area contributed by atoms with Gasteiger partial charge in [-0.2, -0.15) is 0 Å². The Morgan fingerprint density at radius 1 is 1.53 bits per heavy atom. The first-order chi connectivity index (χ1) is 8.09. The molecule has 2 rings (SSSR count). The largest absolute Gasteiger partial charge is 0.369 e. The van der Waals surface area contributed by atoms with E-state index in [1.54, 1.807) is 0 Å². The number of allylic oxidation sites excluding steroid dienone is 3. The number of carbonyl (C=O) groups excluding carboxylic acids is 1. The van der Waals surface area contributed by atoms with E-state index >= 15 is 0 Å². The molecule has 5 nitrogen and oxygen atoms in total.